The van der Waals surface area contributed by atoms with E-state index in [2.05, 4.69) is 19.5 Å². The van der Waals surface area contributed by atoms with Gasteiger partial charge in [-0.2, -0.15) is 13.2 Å². The molecule has 0 bridgehead atoms. The number of alkyl halides is 3. The van der Waals surface area contributed by atoms with Crippen molar-refractivity contribution in [3.05, 3.63) is 54.0 Å². The molecule has 1 fully saturated rings. The van der Waals surface area contributed by atoms with E-state index >= 15 is 0 Å². The molecule has 2 aromatic rings. The average molecular weight is 384 g/mol. The zero-order valence-corrected chi connectivity index (χ0v) is 14.3. The molecule has 3 rings (SSSR count). The maximum absolute atomic E-state index is 13.0. The fourth-order valence-electron chi connectivity index (χ4n) is 2.83. The van der Waals surface area contributed by atoms with E-state index in [-0.39, 0.29) is 11.4 Å². The molecular weight excluding hydrogens is 366 g/mol. The summed E-state index contributed by atoms with van der Waals surface area (Å²) in [5.74, 6) is -0.557. The number of pyridine rings is 1. The van der Waals surface area contributed by atoms with Gasteiger partial charge in [0.15, 0.2) is 6.61 Å². The lowest BCUT2D eigenvalue weighted by molar-refractivity contribution is -0.364. The summed E-state index contributed by atoms with van der Waals surface area (Å²) in [7, 11) is 0. The fourth-order valence-corrected chi connectivity index (χ4v) is 2.83. The molecule has 0 spiro atoms. The Labute approximate surface area is 153 Å². The van der Waals surface area contributed by atoms with E-state index < -0.39 is 18.8 Å². The first-order chi connectivity index (χ1) is 12.8. The number of esters is 1. The lowest BCUT2D eigenvalue weighted by atomic mass is 10.2. The number of benzene rings is 1. The van der Waals surface area contributed by atoms with Crippen molar-refractivity contribution in [3.63, 3.8) is 0 Å². The van der Waals surface area contributed by atoms with Crippen LogP contribution in [0.2, 0.25) is 0 Å². The molecule has 9 heteroatoms. The van der Waals surface area contributed by atoms with Gasteiger partial charge in [-0.1, -0.05) is 0 Å². The van der Waals surface area contributed by atoms with Crippen LogP contribution >= 0.6 is 0 Å². The van der Waals surface area contributed by atoms with Crippen LogP contribution in [0.3, 0.4) is 0 Å². The maximum atomic E-state index is 13.0. The Morgan fingerprint density at radius 3 is 2.19 bits per heavy atom. The van der Waals surface area contributed by atoms with E-state index in [1.54, 1.807) is 18.2 Å². The van der Waals surface area contributed by atoms with Crippen LogP contribution in [0.5, 0.6) is 0 Å². The van der Waals surface area contributed by atoms with E-state index in [1.165, 1.54) is 24.4 Å². The number of nitrogens with one attached hydrogen (secondary N) is 1. The zero-order valence-electron chi connectivity index (χ0n) is 14.3. The minimum Gasteiger partial charge on any atom is -0.452 e. The first-order valence-corrected chi connectivity index (χ1v) is 8.33. The number of piperazine rings is 1. The third kappa shape index (κ3) is 5.08. The molecule has 1 N–H and O–H groups in total. The van der Waals surface area contributed by atoms with Crippen LogP contribution in [0.25, 0.3) is 0 Å². The number of rotatable bonds is 4. The molecule has 1 aliphatic heterocycles. The second-order valence-corrected chi connectivity index (χ2v) is 6.10. The minimum absolute atomic E-state index is 0.0212. The highest BCUT2D eigenvalue weighted by Crippen LogP contribution is 2.19. The van der Waals surface area contributed by atoms with Crippen molar-refractivity contribution in [2.24, 2.45) is 0 Å². The third-order valence-electron chi connectivity index (χ3n) is 4.21. The van der Waals surface area contributed by atoms with E-state index in [1.807, 2.05) is 0 Å². The first kappa shape index (κ1) is 18.9. The van der Waals surface area contributed by atoms with Crippen LogP contribution in [-0.4, -0.2) is 44.9 Å². The molecule has 0 unspecified atom stereocenters. The van der Waals surface area contributed by atoms with E-state index in [9.17, 15) is 22.4 Å². The largest absolute Gasteiger partial charge is 0.452 e. The van der Waals surface area contributed by atoms with Gasteiger partial charge in [-0.25, -0.2) is 14.2 Å². The van der Waals surface area contributed by atoms with Gasteiger partial charge in [-0.3, -0.25) is 4.90 Å². The highest BCUT2D eigenvalue weighted by molar-refractivity contribution is 5.88. The highest BCUT2D eigenvalue weighted by atomic mass is 19.4. The molecule has 27 heavy (non-hydrogen) atoms. The topological polar surface area (TPSA) is 46.9 Å². The summed E-state index contributed by atoms with van der Waals surface area (Å²) >= 11 is 0. The summed E-state index contributed by atoms with van der Waals surface area (Å²) in [5, 5.41) is 0. The summed E-state index contributed by atoms with van der Waals surface area (Å²) in [6, 6.07) is 9.38. The van der Waals surface area contributed by atoms with Crippen LogP contribution in [0.1, 0.15) is 10.4 Å². The molecule has 0 radical (unpaired) electrons. The quantitative estimate of drug-likeness (QED) is 0.601. The number of ether oxygens (including phenoxy) is 1. The lowest BCUT2D eigenvalue weighted by Gasteiger charge is -2.32. The second kappa shape index (κ2) is 7.81. The fraction of sp³-hybridized carbons (Fsp3) is 0.333. The number of halogens is 4. The normalized spacial score (nSPS) is 15.0. The van der Waals surface area contributed by atoms with Crippen LogP contribution in [0, 0.1) is 5.82 Å². The molecule has 0 aliphatic carbocycles. The summed E-state index contributed by atoms with van der Waals surface area (Å²) in [5.41, 5.74) is 0.968. The van der Waals surface area contributed by atoms with Gasteiger partial charge in [-0.05, 0) is 30.3 Å². The summed E-state index contributed by atoms with van der Waals surface area (Å²) in [4.78, 5) is 18.7. The number of hydrogen-bond donors (Lipinski definition) is 0. The van der Waals surface area contributed by atoms with Gasteiger partial charge in [0.1, 0.15) is 25.1 Å². The van der Waals surface area contributed by atoms with Gasteiger partial charge >= 0.3 is 12.1 Å². The molecule has 5 nitrogen and oxygen atoms in total. The molecule has 1 aliphatic rings. The number of aromatic nitrogens is 1. The number of hydrogen-bond acceptors (Lipinski definition) is 4. The van der Waals surface area contributed by atoms with Crippen LogP contribution < -0.4 is 14.8 Å². The predicted octanol–water partition coefficient (Wildman–Crippen LogP) is 2.69. The van der Waals surface area contributed by atoms with E-state index in [0.717, 1.165) is 24.6 Å². The molecule has 0 atom stereocenters. The number of carbonyl (C=O) groups excluding carboxylic acids is 1. The van der Waals surface area contributed by atoms with Crippen molar-refractivity contribution in [2.45, 2.75) is 6.18 Å². The maximum Gasteiger partial charge on any atom is 0.422 e. The van der Waals surface area contributed by atoms with Crippen molar-refractivity contribution in [2.75, 3.05) is 42.6 Å². The van der Waals surface area contributed by atoms with Crippen molar-refractivity contribution in [1.29, 1.82) is 0 Å². The summed E-state index contributed by atoms with van der Waals surface area (Å²) in [6.07, 6.45) is -3.22. The van der Waals surface area contributed by atoms with Crippen LogP contribution in [0.4, 0.5) is 29.1 Å². The number of nitrogens with zero attached hydrogens (tertiary/aromatic N) is 2. The minimum atomic E-state index is -4.55. The standard InChI is InChI=1S/C18H17F4N3O2/c19-14-2-4-15(5-3-14)24-7-9-25(10-8-24)16-6-1-13(11-23-16)17(26)27-12-18(20,21)22/h1-6,11H,7-10,12H2/p+1. The van der Waals surface area contributed by atoms with Crippen LogP contribution in [0.15, 0.2) is 42.6 Å². The molecule has 0 amide bonds. The Bertz CT molecular complexity index is 771. The molecule has 0 saturated carbocycles. The average Bonchev–Trinajstić information content (AvgIpc) is 2.66. The van der Waals surface area contributed by atoms with Crippen molar-refractivity contribution >= 4 is 17.5 Å². The molecule has 1 saturated heterocycles. The molecule has 1 aromatic heterocycles. The van der Waals surface area contributed by atoms with Gasteiger partial charge < -0.3 is 9.64 Å². The van der Waals surface area contributed by atoms with Crippen molar-refractivity contribution in [1.82, 2.24) is 0 Å². The Kier molecular flexibility index (Phi) is 5.48. The summed E-state index contributed by atoms with van der Waals surface area (Å²) in [6.45, 7) is 1.25. The van der Waals surface area contributed by atoms with Gasteiger partial charge in [-0.15, -0.1) is 0 Å². The predicted molar refractivity (Wildman–Crippen MR) is 90.2 cm³/mol. The highest BCUT2D eigenvalue weighted by Gasteiger charge is 2.30. The van der Waals surface area contributed by atoms with Gasteiger partial charge in [0.25, 0.3) is 5.82 Å². The monoisotopic (exact) mass is 384 g/mol. The van der Waals surface area contributed by atoms with Gasteiger partial charge in [0.05, 0.1) is 18.7 Å². The summed E-state index contributed by atoms with van der Waals surface area (Å²) < 4.78 is 53.5. The van der Waals surface area contributed by atoms with E-state index in [0.29, 0.717) is 13.1 Å². The molecule has 144 valence electrons. The van der Waals surface area contributed by atoms with Crippen molar-refractivity contribution < 1.29 is 32.1 Å². The Balaban J connectivity index is 1.55. The zero-order chi connectivity index (χ0) is 19.4. The molecule has 2 heterocycles. The second-order valence-electron chi connectivity index (χ2n) is 6.10. The number of H-pyrrole nitrogens is 1. The Hall–Kier alpha value is -2.84. The Morgan fingerprint density at radius 1 is 1.00 bits per heavy atom. The lowest BCUT2D eigenvalue weighted by Crippen LogP contribution is -2.48. The van der Waals surface area contributed by atoms with Crippen LogP contribution in [-0.2, 0) is 4.74 Å². The molecular formula is C18H18F4N3O2+. The van der Waals surface area contributed by atoms with Gasteiger partial charge in [0, 0.05) is 11.8 Å². The molecule has 1 aromatic carbocycles. The SMILES string of the molecule is O=C(OCC(F)(F)F)c1ccc(N2CCN(c3ccc(F)cc3)CC2)[nH+]c1. The van der Waals surface area contributed by atoms with E-state index in [4.69, 9.17) is 0 Å². The Morgan fingerprint density at radius 2 is 1.63 bits per heavy atom. The van der Waals surface area contributed by atoms with Gasteiger partial charge in [0.2, 0.25) is 0 Å². The number of aromatic amines is 1. The smallest absolute Gasteiger partial charge is 0.422 e. The number of carbonyl (C=O) groups is 1. The van der Waals surface area contributed by atoms with Crippen molar-refractivity contribution in [3.8, 4) is 0 Å². The number of anilines is 2. The third-order valence-corrected chi connectivity index (χ3v) is 4.21. The first-order valence-electron chi connectivity index (χ1n) is 8.33.